The predicted octanol–water partition coefficient (Wildman–Crippen LogP) is 2.91. The number of hydrogen-bond acceptors (Lipinski definition) is 3. The standard InChI is InChI=1S/C18H27N3O2/c22-14-15-7-6-12-21(13-15)18(23)19-16-8-2-3-9-17(16)20-10-4-1-5-11-20/h2-3,8-9,15,22H,1,4-7,10-14H2,(H,19,23). The minimum Gasteiger partial charge on any atom is -0.396 e. The molecule has 1 aromatic rings. The second-order valence-corrected chi connectivity index (χ2v) is 6.63. The SMILES string of the molecule is O=C(Nc1ccccc1N1CCCCC1)N1CCCC(CO)C1. The van der Waals surface area contributed by atoms with Crippen molar-refractivity contribution >= 4 is 17.4 Å². The Kier molecular flexibility index (Phi) is 5.39. The van der Waals surface area contributed by atoms with Crippen LogP contribution in [0.2, 0.25) is 0 Å². The van der Waals surface area contributed by atoms with Crippen LogP contribution in [0.5, 0.6) is 0 Å². The molecule has 1 aromatic carbocycles. The van der Waals surface area contributed by atoms with E-state index in [2.05, 4.69) is 16.3 Å². The summed E-state index contributed by atoms with van der Waals surface area (Å²) in [6.07, 6.45) is 5.69. The molecule has 3 rings (SSSR count). The molecule has 0 aliphatic carbocycles. The number of aliphatic hydroxyl groups excluding tert-OH is 1. The second-order valence-electron chi connectivity index (χ2n) is 6.63. The van der Waals surface area contributed by atoms with Crippen molar-refractivity contribution in [2.75, 3.05) is 43.0 Å². The first-order valence-electron chi connectivity index (χ1n) is 8.78. The van der Waals surface area contributed by atoms with E-state index in [1.165, 1.54) is 19.3 Å². The van der Waals surface area contributed by atoms with Crippen molar-refractivity contribution in [3.8, 4) is 0 Å². The van der Waals surface area contributed by atoms with Gasteiger partial charge < -0.3 is 20.2 Å². The number of aliphatic hydroxyl groups is 1. The van der Waals surface area contributed by atoms with Gasteiger partial charge in [0, 0.05) is 32.8 Å². The maximum absolute atomic E-state index is 12.6. The zero-order chi connectivity index (χ0) is 16.1. The van der Waals surface area contributed by atoms with Crippen molar-refractivity contribution in [3.05, 3.63) is 24.3 Å². The Morgan fingerprint density at radius 1 is 1.13 bits per heavy atom. The van der Waals surface area contributed by atoms with Gasteiger partial charge in [-0.3, -0.25) is 0 Å². The Morgan fingerprint density at radius 3 is 2.70 bits per heavy atom. The summed E-state index contributed by atoms with van der Waals surface area (Å²) in [6.45, 7) is 3.70. The number of nitrogens with zero attached hydrogens (tertiary/aromatic N) is 2. The van der Waals surface area contributed by atoms with Gasteiger partial charge in [0.2, 0.25) is 0 Å². The molecule has 0 bridgehead atoms. The molecule has 2 amide bonds. The average molecular weight is 317 g/mol. The molecule has 2 fully saturated rings. The topological polar surface area (TPSA) is 55.8 Å². The molecule has 126 valence electrons. The summed E-state index contributed by atoms with van der Waals surface area (Å²) in [4.78, 5) is 16.8. The van der Waals surface area contributed by atoms with Crippen molar-refractivity contribution in [1.82, 2.24) is 4.90 Å². The summed E-state index contributed by atoms with van der Waals surface area (Å²) in [6, 6.07) is 8.02. The van der Waals surface area contributed by atoms with Crippen LogP contribution < -0.4 is 10.2 Å². The van der Waals surface area contributed by atoms with Crippen LogP contribution in [0.1, 0.15) is 32.1 Å². The first kappa shape index (κ1) is 16.1. The van der Waals surface area contributed by atoms with Crippen molar-refractivity contribution in [2.45, 2.75) is 32.1 Å². The summed E-state index contributed by atoms with van der Waals surface area (Å²) in [7, 11) is 0. The second kappa shape index (κ2) is 7.68. The maximum atomic E-state index is 12.6. The van der Waals surface area contributed by atoms with Crippen LogP contribution in [-0.2, 0) is 0 Å². The number of urea groups is 1. The van der Waals surface area contributed by atoms with Crippen LogP contribution in [0.25, 0.3) is 0 Å². The average Bonchev–Trinajstić information content (AvgIpc) is 2.63. The van der Waals surface area contributed by atoms with E-state index in [0.717, 1.165) is 43.9 Å². The third-order valence-electron chi connectivity index (χ3n) is 4.91. The van der Waals surface area contributed by atoms with Crippen molar-refractivity contribution in [2.24, 2.45) is 5.92 Å². The van der Waals surface area contributed by atoms with E-state index in [-0.39, 0.29) is 18.6 Å². The summed E-state index contributed by atoms with van der Waals surface area (Å²) in [5.74, 6) is 0.215. The lowest BCUT2D eigenvalue weighted by molar-refractivity contribution is 0.136. The Balaban J connectivity index is 1.68. The highest BCUT2D eigenvalue weighted by atomic mass is 16.3. The molecule has 1 unspecified atom stereocenters. The van der Waals surface area contributed by atoms with Gasteiger partial charge in [-0.15, -0.1) is 0 Å². The first-order valence-corrected chi connectivity index (χ1v) is 8.78. The lowest BCUT2D eigenvalue weighted by Gasteiger charge is -2.33. The number of piperidine rings is 2. The van der Waals surface area contributed by atoms with E-state index >= 15 is 0 Å². The molecule has 2 saturated heterocycles. The van der Waals surface area contributed by atoms with Crippen molar-refractivity contribution in [1.29, 1.82) is 0 Å². The predicted molar refractivity (Wildman–Crippen MR) is 92.9 cm³/mol. The zero-order valence-corrected chi connectivity index (χ0v) is 13.7. The van der Waals surface area contributed by atoms with Crippen LogP contribution in [0.4, 0.5) is 16.2 Å². The number of nitrogens with one attached hydrogen (secondary N) is 1. The number of carbonyl (C=O) groups excluding carboxylic acids is 1. The van der Waals surface area contributed by atoms with E-state index < -0.39 is 0 Å². The highest BCUT2D eigenvalue weighted by Crippen LogP contribution is 2.28. The normalized spacial score (nSPS) is 22.0. The van der Waals surface area contributed by atoms with Crippen LogP contribution in [-0.4, -0.2) is 48.8 Å². The Bertz CT molecular complexity index is 529. The third-order valence-corrected chi connectivity index (χ3v) is 4.91. The first-order chi connectivity index (χ1) is 11.3. The number of benzene rings is 1. The highest BCUT2D eigenvalue weighted by molar-refractivity contribution is 5.93. The van der Waals surface area contributed by atoms with Gasteiger partial charge in [0.25, 0.3) is 0 Å². The highest BCUT2D eigenvalue weighted by Gasteiger charge is 2.24. The monoisotopic (exact) mass is 317 g/mol. The summed E-state index contributed by atoms with van der Waals surface area (Å²) >= 11 is 0. The molecular weight excluding hydrogens is 290 g/mol. The van der Waals surface area contributed by atoms with E-state index in [0.29, 0.717) is 6.54 Å². The molecule has 0 spiro atoms. The number of anilines is 2. The van der Waals surface area contributed by atoms with Gasteiger partial charge in [-0.05, 0) is 50.2 Å². The third kappa shape index (κ3) is 3.96. The molecule has 5 heteroatoms. The lowest BCUT2D eigenvalue weighted by atomic mass is 9.99. The van der Waals surface area contributed by atoms with E-state index in [1.807, 2.05) is 23.1 Å². The molecule has 0 radical (unpaired) electrons. The lowest BCUT2D eigenvalue weighted by Crippen LogP contribution is -2.43. The minimum absolute atomic E-state index is 0.0485. The maximum Gasteiger partial charge on any atom is 0.321 e. The Hall–Kier alpha value is -1.75. The smallest absolute Gasteiger partial charge is 0.321 e. The van der Waals surface area contributed by atoms with Crippen LogP contribution in [0.15, 0.2) is 24.3 Å². The molecule has 0 aromatic heterocycles. The number of rotatable bonds is 3. The molecule has 0 saturated carbocycles. The van der Waals surface area contributed by atoms with Crippen LogP contribution in [0, 0.1) is 5.92 Å². The molecular formula is C18H27N3O2. The van der Waals surface area contributed by atoms with E-state index in [1.54, 1.807) is 0 Å². The van der Waals surface area contributed by atoms with Crippen molar-refractivity contribution < 1.29 is 9.90 Å². The van der Waals surface area contributed by atoms with Gasteiger partial charge in [-0.2, -0.15) is 0 Å². The van der Waals surface area contributed by atoms with Crippen LogP contribution >= 0.6 is 0 Å². The van der Waals surface area contributed by atoms with Gasteiger partial charge >= 0.3 is 6.03 Å². The quantitative estimate of drug-likeness (QED) is 0.901. The molecule has 5 nitrogen and oxygen atoms in total. The number of hydrogen-bond donors (Lipinski definition) is 2. The van der Waals surface area contributed by atoms with Crippen molar-refractivity contribution in [3.63, 3.8) is 0 Å². The van der Waals surface area contributed by atoms with E-state index in [9.17, 15) is 9.90 Å². The molecule has 2 aliphatic rings. The largest absolute Gasteiger partial charge is 0.396 e. The summed E-state index contributed by atoms with van der Waals surface area (Å²) < 4.78 is 0. The van der Waals surface area contributed by atoms with Gasteiger partial charge in [0.1, 0.15) is 0 Å². The number of para-hydroxylation sites is 2. The van der Waals surface area contributed by atoms with Gasteiger partial charge in [0.15, 0.2) is 0 Å². The fraction of sp³-hybridized carbons (Fsp3) is 0.611. The molecule has 2 aliphatic heterocycles. The van der Waals surface area contributed by atoms with Gasteiger partial charge in [-0.1, -0.05) is 12.1 Å². The molecule has 2 heterocycles. The number of likely N-dealkylation sites (tertiary alicyclic amines) is 1. The molecule has 23 heavy (non-hydrogen) atoms. The fourth-order valence-corrected chi connectivity index (χ4v) is 3.58. The molecule has 2 N–H and O–H groups in total. The summed E-state index contributed by atoms with van der Waals surface area (Å²) in [5, 5.41) is 12.4. The number of carbonyl (C=O) groups is 1. The van der Waals surface area contributed by atoms with Crippen LogP contribution in [0.3, 0.4) is 0 Å². The van der Waals surface area contributed by atoms with E-state index in [4.69, 9.17) is 0 Å². The Labute approximate surface area is 138 Å². The molecule has 1 atom stereocenters. The zero-order valence-electron chi connectivity index (χ0n) is 13.7. The Morgan fingerprint density at radius 2 is 1.91 bits per heavy atom. The fourth-order valence-electron chi connectivity index (χ4n) is 3.58. The van der Waals surface area contributed by atoms with Gasteiger partial charge in [0.05, 0.1) is 11.4 Å². The number of amides is 2. The van der Waals surface area contributed by atoms with Gasteiger partial charge in [-0.25, -0.2) is 4.79 Å². The summed E-state index contributed by atoms with van der Waals surface area (Å²) in [5.41, 5.74) is 2.02. The minimum atomic E-state index is -0.0485.